The molecular formula is C27H42O4. The SMILES string of the molecule is C=C1C(=CC=C2CCC[C@]3(C)[C@@H]([C@H](C)C=CC[C@@](C)(O)CO)CC[C@@H]23)C[C@@H](O)C[C@@H]1O. The molecule has 4 heteroatoms. The van der Waals surface area contributed by atoms with Gasteiger partial charge in [0.25, 0.3) is 0 Å². The highest BCUT2D eigenvalue weighted by Crippen LogP contribution is 2.59. The second kappa shape index (κ2) is 9.74. The first-order valence-electron chi connectivity index (χ1n) is 12.0. The van der Waals surface area contributed by atoms with Gasteiger partial charge in [-0.3, -0.25) is 0 Å². The fourth-order valence-electron chi connectivity index (χ4n) is 6.34. The molecule has 3 aliphatic carbocycles. The van der Waals surface area contributed by atoms with Gasteiger partial charge in [-0.1, -0.05) is 50.3 Å². The zero-order valence-electron chi connectivity index (χ0n) is 19.6. The average Bonchev–Trinajstić information content (AvgIpc) is 3.07. The van der Waals surface area contributed by atoms with Gasteiger partial charge in [0.15, 0.2) is 0 Å². The summed E-state index contributed by atoms with van der Waals surface area (Å²) in [5, 5.41) is 39.5. The summed E-state index contributed by atoms with van der Waals surface area (Å²) in [4.78, 5) is 0. The number of aliphatic hydroxyl groups excluding tert-OH is 3. The van der Waals surface area contributed by atoms with Crippen LogP contribution in [0.3, 0.4) is 0 Å². The second-order valence-electron chi connectivity index (χ2n) is 10.8. The monoisotopic (exact) mass is 430 g/mol. The molecule has 0 aromatic rings. The number of aliphatic hydroxyl groups is 4. The number of hydrogen-bond donors (Lipinski definition) is 4. The van der Waals surface area contributed by atoms with Crippen molar-refractivity contribution in [3.05, 3.63) is 47.6 Å². The molecule has 4 nitrogen and oxygen atoms in total. The minimum atomic E-state index is -1.04. The third-order valence-electron chi connectivity index (χ3n) is 8.27. The van der Waals surface area contributed by atoms with Crippen molar-refractivity contribution in [1.82, 2.24) is 0 Å². The normalized spacial score (nSPS) is 39.8. The molecule has 3 saturated carbocycles. The molecule has 31 heavy (non-hydrogen) atoms. The molecular weight excluding hydrogens is 388 g/mol. The molecule has 3 aliphatic rings. The van der Waals surface area contributed by atoms with Gasteiger partial charge in [-0.25, -0.2) is 0 Å². The van der Waals surface area contributed by atoms with Gasteiger partial charge in [-0.15, -0.1) is 0 Å². The van der Waals surface area contributed by atoms with Crippen molar-refractivity contribution < 1.29 is 20.4 Å². The Kier molecular flexibility index (Phi) is 7.68. The molecule has 0 heterocycles. The summed E-state index contributed by atoms with van der Waals surface area (Å²) in [6.07, 6.45) is 14.9. The molecule has 0 amide bonds. The van der Waals surface area contributed by atoms with Crippen LogP contribution in [0, 0.1) is 23.2 Å². The zero-order valence-corrected chi connectivity index (χ0v) is 19.6. The van der Waals surface area contributed by atoms with E-state index in [1.807, 2.05) is 6.08 Å². The van der Waals surface area contributed by atoms with E-state index in [2.05, 4.69) is 38.7 Å². The molecule has 0 aromatic carbocycles. The molecule has 3 rings (SSSR count). The topological polar surface area (TPSA) is 80.9 Å². The lowest BCUT2D eigenvalue weighted by atomic mass is 9.61. The summed E-state index contributed by atoms with van der Waals surface area (Å²) in [5.41, 5.74) is 2.46. The van der Waals surface area contributed by atoms with Crippen LogP contribution >= 0.6 is 0 Å². The Morgan fingerprint density at radius 2 is 2.00 bits per heavy atom. The van der Waals surface area contributed by atoms with E-state index < -0.39 is 17.8 Å². The van der Waals surface area contributed by atoms with E-state index in [0.29, 0.717) is 37.0 Å². The Morgan fingerprint density at radius 1 is 1.26 bits per heavy atom. The first-order chi connectivity index (χ1) is 14.6. The Hall–Kier alpha value is -1.20. The van der Waals surface area contributed by atoms with Gasteiger partial charge in [-0.05, 0) is 86.2 Å². The van der Waals surface area contributed by atoms with Crippen LogP contribution in [-0.4, -0.2) is 44.8 Å². The zero-order chi connectivity index (χ0) is 22.8. The van der Waals surface area contributed by atoms with Gasteiger partial charge in [-0.2, -0.15) is 0 Å². The Labute approximate surface area is 188 Å². The van der Waals surface area contributed by atoms with E-state index in [0.717, 1.165) is 17.6 Å². The maximum Gasteiger partial charge on any atom is 0.0883 e. The first kappa shape index (κ1) is 24.4. The van der Waals surface area contributed by atoms with Crippen LogP contribution in [0.4, 0.5) is 0 Å². The summed E-state index contributed by atoms with van der Waals surface area (Å²) >= 11 is 0. The third kappa shape index (κ3) is 5.42. The first-order valence-corrected chi connectivity index (χ1v) is 12.0. The summed E-state index contributed by atoms with van der Waals surface area (Å²) in [6, 6.07) is 0. The lowest BCUT2D eigenvalue weighted by Gasteiger charge is -2.44. The summed E-state index contributed by atoms with van der Waals surface area (Å²) in [6.45, 7) is 10.2. The summed E-state index contributed by atoms with van der Waals surface area (Å²) in [5.74, 6) is 1.62. The predicted molar refractivity (Wildman–Crippen MR) is 125 cm³/mol. The van der Waals surface area contributed by atoms with Gasteiger partial charge in [0.2, 0.25) is 0 Å². The maximum absolute atomic E-state index is 10.1. The highest BCUT2D eigenvalue weighted by atomic mass is 16.3. The van der Waals surface area contributed by atoms with Crippen LogP contribution < -0.4 is 0 Å². The molecule has 0 bridgehead atoms. The van der Waals surface area contributed by atoms with E-state index in [4.69, 9.17) is 0 Å². The molecule has 4 N–H and O–H groups in total. The van der Waals surface area contributed by atoms with Gasteiger partial charge in [0.05, 0.1) is 24.4 Å². The molecule has 0 aromatic heterocycles. The van der Waals surface area contributed by atoms with E-state index >= 15 is 0 Å². The smallest absolute Gasteiger partial charge is 0.0883 e. The summed E-state index contributed by atoms with van der Waals surface area (Å²) < 4.78 is 0. The lowest BCUT2D eigenvalue weighted by Crippen LogP contribution is -2.35. The van der Waals surface area contributed by atoms with Crippen LogP contribution in [0.15, 0.2) is 47.6 Å². The van der Waals surface area contributed by atoms with Gasteiger partial charge >= 0.3 is 0 Å². The minimum absolute atomic E-state index is 0.223. The molecule has 0 saturated heterocycles. The van der Waals surface area contributed by atoms with Crippen molar-refractivity contribution in [3.63, 3.8) is 0 Å². The van der Waals surface area contributed by atoms with E-state index in [9.17, 15) is 20.4 Å². The Bertz CT molecular complexity index is 746. The Morgan fingerprint density at radius 3 is 2.71 bits per heavy atom. The largest absolute Gasteiger partial charge is 0.393 e. The van der Waals surface area contributed by atoms with Crippen molar-refractivity contribution in [2.75, 3.05) is 6.61 Å². The summed E-state index contributed by atoms with van der Waals surface area (Å²) in [7, 11) is 0. The van der Waals surface area contributed by atoms with Crippen LogP contribution in [-0.2, 0) is 0 Å². The third-order valence-corrected chi connectivity index (χ3v) is 8.27. The fourth-order valence-corrected chi connectivity index (χ4v) is 6.34. The van der Waals surface area contributed by atoms with Crippen molar-refractivity contribution in [2.45, 2.75) is 89.9 Å². The van der Waals surface area contributed by atoms with Crippen LogP contribution in [0.1, 0.15) is 72.1 Å². The van der Waals surface area contributed by atoms with Crippen molar-refractivity contribution >= 4 is 0 Å². The van der Waals surface area contributed by atoms with Crippen molar-refractivity contribution in [3.8, 4) is 0 Å². The number of hydrogen-bond acceptors (Lipinski definition) is 4. The number of rotatable bonds is 6. The highest BCUT2D eigenvalue weighted by Gasteiger charge is 2.50. The molecule has 7 atom stereocenters. The van der Waals surface area contributed by atoms with Crippen LogP contribution in [0.2, 0.25) is 0 Å². The molecule has 0 spiro atoms. The molecule has 0 radical (unpaired) electrons. The Balaban J connectivity index is 1.73. The molecule has 3 fully saturated rings. The number of fused-ring (bicyclic) bond motifs is 1. The molecule has 174 valence electrons. The second-order valence-corrected chi connectivity index (χ2v) is 10.8. The molecule has 0 unspecified atom stereocenters. The predicted octanol–water partition coefficient (Wildman–Crippen LogP) is 4.45. The van der Waals surface area contributed by atoms with Crippen LogP contribution in [0.5, 0.6) is 0 Å². The van der Waals surface area contributed by atoms with Crippen molar-refractivity contribution in [1.29, 1.82) is 0 Å². The lowest BCUT2D eigenvalue weighted by molar-refractivity contribution is 0.00435. The average molecular weight is 431 g/mol. The maximum atomic E-state index is 10.1. The number of allylic oxidation sites excluding steroid dienone is 4. The highest BCUT2D eigenvalue weighted by molar-refractivity contribution is 5.38. The van der Waals surface area contributed by atoms with Gasteiger partial charge in [0.1, 0.15) is 0 Å². The fraction of sp³-hybridized carbons (Fsp3) is 0.704. The van der Waals surface area contributed by atoms with E-state index in [1.54, 1.807) is 6.92 Å². The quantitative estimate of drug-likeness (QED) is 0.469. The minimum Gasteiger partial charge on any atom is -0.393 e. The van der Waals surface area contributed by atoms with E-state index in [1.165, 1.54) is 31.3 Å². The standard InChI is InChI=1S/C27H42O4/c1-18(7-5-13-26(3,31)17-28)23-11-12-24-20(8-6-14-27(23,24)4)9-10-21-15-22(29)16-25(30)19(21)2/h5,7,9-10,18,22-25,28-31H,2,6,8,11-17H2,1,3-4H3/t18-,22-,23-,24+,25+,26-,27-/m1/s1. The van der Waals surface area contributed by atoms with Gasteiger partial charge in [0, 0.05) is 6.42 Å². The van der Waals surface area contributed by atoms with Crippen molar-refractivity contribution in [2.24, 2.45) is 23.2 Å². The van der Waals surface area contributed by atoms with Crippen LogP contribution in [0.25, 0.3) is 0 Å². The molecule has 0 aliphatic heterocycles. The van der Waals surface area contributed by atoms with Gasteiger partial charge < -0.3 is 20.4 Å². The van der Waals surface area contributed by atoms with E-state index in [-0.39, 0.29) is 12.0 Å².